The predicted octanol–water partition coefficient (Wildman–Crippen LogP) is 2.53. The third kappa shape index (κ3) is 2.96. The number of rotatable bonds is 5. The zero-order valence-corrected chi connectivity index (χ0v) is 12.5. The predicted molar refractivity (Wildman–Crippen MR) is 78.3 cm³/mol. The van der Waals surface area contributed by atoms with Crippen molar-refractivity contribution in [3.05, 3.63) is 44.0 Å². The average Bonchev–Trinajstić information content (AvgIpc) is 2.74. The van der Waals surface area contributed by atoms with E-state index in [0.717, 1.165) is 24.1 Å². The summed E-state index contributed by atoms with van der Waals surface area (Å²) in [5, 5.41) is 18.6. The van der Waals surface area contributed by atoms with Crippen LogP contribution in [-0.4, -0.2) is 19.9 Å². The molecule has 0 radical (unpaired) electrons. The molecule has 1 aromatic heterocycles. The summed E-state index contributed by atoms with van der Waals surface area (Å²) in [6, 6.07) is 4.66. The third-order valence-corrected chi connectivity index (χ3v) is 3.66. The van der Waals surface area contributed by atoms with E-state index in [4.69, 9.17) is 5.73 Å². The normalized spacial score (nSPS) is 10.7. The minimum absolute atomic E-state index is 0.0486. The van der Waals surface area contributed by atoms with Crippen molar-refractivity contribution < 1.29 is 4.92 Å². The highest BCUT2D eigenvalue weighted by molar-refractivity contribution is 9.10. The lowest BCUT2D eigenvalue weighted by atomic mass is 10.2. The maximum absolute atomic E-state index is 10.7. The molecule has 0 aliphatic heterocycles. The van der Waals surface area contributed by atoms with Crippen molar-refractivity contribution in [2.24, 2.45) is 0 Å². The molecule has 106 valence electrons. The lowest BCUT2D eigenvalue weighted by Gasteiger charge is -2.08. The summed E-state index contributed by atoms with van der Waals surface area (Å²) in [6.45, 7) is 2.52. The van der Waals surface area contributed by atoms with E-state index in [-0.39, 0.29) is 5.69 Å². The van der Waals surface area contributed by atoms with Gasteiger partial charge in [-0.05, 0) is 18.1 Å². The van der Waals surface area contributed by atoms with Crippen LogP contribution in [0.2, 0.25) is 0 Å². The van der Waals surface area contributed by atoms with Gasteiger partial charge >= 0.3 is 0 Å². The Hall–Kier alpha value is -1.96. The fraction of sp³-hybridized carbons (Fsp3) is 0.333. The topological polar surface area (TPSA) is 99.9 Å². The molecule has 0 saturated heterocycles. The van der Waals surface area contributed by atoms with Gasteiger partial charge < -0.3 is 5.73 Å². The Morgan fingerprint density at radius 2 is 2.25 bits per heavy atom. The van der Waals surface area contributed by atoms with Crippen LogP contribution in [0.5, 0.6) is 0 Å². The second kappa shape index (κ2) is 6.00. The van der Waals surface area contributed by atoms with Gasteiger partial charge in [-0.3, -0.25) is 10.1 Å². The molecular formula is C12H14BrN5O2. The zero-order chi connectivity index (χ0) is 14.7. The van der Waals surface area contributed by atoms with E-state index in [2.05, 4.69) is 33.2 Å². The van der Waals surface area contributed by atoms with Gasteiger partial charge in [0.15, 0.2) is 5.82 Å². The number of aromatic nitrogens is 3. The number of nitrogens with two attached hydrogens (primary N) is 1. The van der Waals surface area contributed by atoms with Gasteiger partial charge in [0.25, 0.3) is 5.69 Å². The molecule has 0 bridgehead atoms. The van der Waals surface area contributed by atoms with Crippen molar-refractivity contribution in [3.63, 3.8) is 0 Å². The Bertz CT molecular complexity index is 641. The Labute approximate surface area is 124 Å². The molecule has 7 nitrogen and oxygen atoms in total. The Balaban J connectivity index is 2.28. The maximum atomic E-state index is 10.7. The van der Waals surface area contributed by atoms with Crippen LogP contribution in [0.15, 0.2) is 22.7 Å². The summed E-state index contributed by atoms with van der Waals surface area (Å²) >= 11 is 3.35. The molecule has 2 rings (SSSR count). The van der Waals surface area contributed by atoms with Crippen LogP contribution >= 0.6 is 15.9 Å². The first-order valence-corrected chi connectivity index (χ1v) is 6.93. The average molecular weight is 340 g/mol. The highest BCUT2D eigenvalue weighted by Crippen LogP contribution is 2.24. The van der Waals surface area contributed by atoms with Crippen LogP contribution in [0.3, 0.4) is 0 Å². The lowest BCUT2D eigenvalue weighted by molar-refractivity contribution is -0.384. The summed E-state index contributed by atoms with van der Waals surface area (Å²) in [5.74, 6) is 0.435. The number of nitro groups is 1. The molecule has 0 unspecified atom stereocenters. The van der Waals surface area contributed by atoms with E-state index in [9.17, 15) is 10.1 Å². The van der Waals surface area contributed by atoms with Crippen molar-refractivity contribution >= 4 is 27.4 Å². The van der Waals surface area contributed by atoms with Crippen molar-refractivity contribution in [1.82, 2.24) is 15.0 Å². The summed E-state index contributed by atoms with van der Waals surface area (Å²) in [4.78, 5) is 10.3. The molecule has 1 heterocycles. The van der Waals surface area contributed by atoms with Gasteiger partial charge in [-0.2, -0.15) is 0 Å². The number of non-ortho nitro benzene ring substituents is 1. The highest BCUT2D eigenvalue weighted by Gasteiger charge is 2.13. The van der Waals surface area contributed by atoms with Gasteiger partial charge in [-0.25, -0.2) is 4.68 Å². The van der Waals surface area contributed by atoms with Crippen molar-refractivity contribution in [2.75, 3.05) is 5.73 Å². The van der Waals surface area contributed by atoms with Gasteiger partial charge in [-0.1, -0.05) is 34.5 Å². The van der Waals surface area contributed by atoms with Crippen LogP contribution in [0.1, 0.15) is 24.6 Å². The van der Waals surface area contributed by atoms with Gasteiger partial charge in [0.2, 0.25) is 0 Å². The summed E-state index contributed by atoms with van der Waals surface area (Å²) in [7, 11) is 0. The molecule has 0 spiro atoms. The molecule has 1 aromatic carbocycles. The van der Waals surface area contributed by atoms with Gasteiger partial charge in [0, 0.05) is 16.6 Å². The first-order valence-electron chi connectivity index (χ1n) is 6.13. The Morgan fingerprint density at radius 3 is 2.85 bits per heavy atom. The fourth-order valence-electron chi connectivity index (χ4n) is 1.91. The molecule has 0 aliphatic rings. The van der Waals surface area contributed by atoms with Gasteiger partial charge in [0.1, 0.15) is 0 Å². The third-order valence-electron chi connectivity index (χ3n) is 2.92. The summed E-state index contributed by atoms with van der Waals surface area (Å²) < 4.78 is 2.40. The van der Waals surface area contributed by atoms with Gasteiger partial charge in [-0.15, -0.1) is 5.10 Å². The van der Waals surface area contributed by atoms with Crippen molar-refractivity contribution in [3.8, 4) is 0 Å². The standard InChI is InChI=1S/C12H14BrN5O2/c1-2-3-11-12(14)15-16-17(11)7-8-4-5-9(18(19)20)6-10(8)13/h4-6H,2-3,7,14H2,1H3. The maximum Gasteiger partial charge on any atom is 0.270 e. The minimum Gasteiger partial charge on any atom is -0.381 e. The van der Waals surface area contributed by atoms with Crippen LogP contribution in [0.25, 0.3) is 0 Å². The monoisotopic (exact) mass is 339 g/mol. The van der Waals surface area contributed by atoms with E-state index in [1.54, 1.807) is 10.7 Å². The number of hydrogen-bond donors (Lipinski definition) is 1. The van der Waals surface area contributed by atoms with E-state index >= 15 is 0 Å². The fourth-order valence-corrected chi connectivity index (χ4v) is 2.40. The summed E-state index contributed by atoms with van der Waals surface area (Å²) in [6.07, 6.45) is 1.74. The molecule has 0 fully saturated rings. The first kappa shape index (κ1) is 14.4. The molecule has 0 amide bonds. The van der Waals surface area contributed by atoms with E-state index in [1.807, 2.05) is 0 Å². The molecule has 2 aromatic rings. The molecule has 8 heteroatoms. The smallest absolute Gasteiger partial charge is 0.270 e. The van der Waals surface area contributed by atoms with E-state index in [1.165, 1.54) is 12.1 Å². The van der Waals surface area contributed by atoms with Crippen LogP contribution < -0.4 is 5.73 Å². The van der Waals surface area contributed by atoms with Crippen LogP contribution in [0.4, 0.5) is 11.5 Å². The van der Waals surface area contributed by atoms with Crippen molar-refractivity contribution in [1.29, 1.82) is 0 Å². The molecule has 2 N–H and O–H groups in total. The van der Waals surface area contributed by atoms with Crippen LogP contribution in [0, 0.1) is 10.1 Å². The molecule has 0 saturated carbocycles. The lowest BCUT2D eigenvalue weighted by Crippen LogP contribution is -2.08. The number of benzene rings is 1. The molecule has 0 atom stereocenters. The minimum atomic E-state index is -0.426. The number of nitrogens with zero attached hydrogens (tertiary/aromatic N) is 4. The largest absolute Gasteiger partial charge is 0.381 e. The number of halogens is 1. The van der Waals surface area contributed by atoms with Crippen LogP contribution in [-0.2, 0) is 13.0 Å². The second-order valence-corrected chi connectivity index (χ2v) is 5.22. The second-order valence-electron chi connectivity index (χ2n) is 4.36. The zero-order valence-electron chi connectivity index (χ0n) is 10.9. The molecule has 0 aliphatic carbocycles. The Morgan fingerprint density at radius 1 is 1.50 bits per heavy atom. The number of hydrogen-bond acceptors (Lipinski definition) is 5. The molecular weight excluding hydrogens is 326 g/mol. The first-order chi connectivity index (χ1) is 9.52. The number of nitrogen functional groups attached to an aromatic ring is 1. The molecule has 20 heavy (non-hydrogen) atoms. The van der Waals surface area contributed by atoms with Gasteiger partial charge in [0.05, 0.1) is 17.2 Å². The quantitative estimate of drug-likeness (QED) is 0.666. The summed E-state index contributed by atoms with van der Waals surface area (Å²) in [5.41, 5.74) is 7.61. The highest BCUT2D eigenvalue weighted by atomic mass is 79.9. The van der Waals surface area contributed by atoms with E-state index < -0.39 is 4.92 Å². The number of nitro benzene ring substituents is 1. The Kier molecular flexibility index (Phi) is 4.33. The SMILES string of the molecule is CCCc1c(N)nnn1Cc1ccc([N+](=O)[O-])cc1Br. The van der Waals surface area contributed by atoms with E-state index in [0.29, 0.717) is 16.8 Å². The number of anilines is 1. The van der Waals surface area contributed by atoms with Crippen molar-refractivity contribution in [2.45, 2.75) is 26.3 Å².